The zero-order chi connectivity index (χ0) is 28.8. The smallest absolute Gasteiger partial charge is 0.335 e. The van der Waals surface area contributed by atoms with Crippen LogP contribution in [0.25, 0.3) is 0 Å². The number of carbonyl (C=O) groups is 3. The summed E-state index contributed by atoms with van der Waals surface area (Å²) in [6.45, 7) is 5.03. The van der Waals surface area contributed by atoms with Gasteiger partial charge in [-0.25, -0.2) is 4.79 Å². The van der Waals surface area contributed by atoms with E-state index in [2.05, 4.69) is 17.1 Å². The van der Waals surface area contributed by atoms with Gasteiger partial charge in [-0.05, 0) is 67.5 Å². The number of unbranched alkanes of at least 4 members (excludes halogenated alkanes) is 1. The molecule has 1 saturated carbocycles. The number of nitrogens with one attached hydrogen (secondary N) is 1. The summed E-state index contributed by atoms with van der Waals surface area (Å²) in [7, 11) is 0. The van der Waals surface area contributed by atoms with Crippen molar-refractivity contribution in [3.05, 3.63) is 59.7 Å². The van der Waals surface area contributed by atoms with Gasteiger partial charge in [0.05, 0.1) is 5.56 Å². The van der Waals surface area contributed by atoms with E-state index in [0.717, 1.165) is 44.5 Å². The van der Waals surface area contributed by atoms with Crippen LogP contribution in [0, 0.1) is 5.92 Å². The first kappa shape index (κ1) is 29.1. The summed E-state index contributed by atoms with van der Waals surface area (Å²) in [6, 6.07) is 13.9. The largest absolute Gasteiger partial charge is 0.478 e. The van der Waals surface area contributed by atoms with Crippen LogP contribution in [0.4, 0.5) is 0 Å². The molecule has 2 aromatic rings. The molecular weight excluding hydrogens is 518 g/mol. The number of ether oxygens (including phenoxy) is 1. The van der Waals surface area contributed by atoms with Crippen LogP contribution in [0.3, 0.4) is 0 Å². The summed E-state index contributed by atoms with van der Waals surface area (Å²) in [5, 5.41) is 12.4. The molecular formula is C33H43N3O5. The van der Waals surface area contributed by atoms with Crippen molar-refractivity contribution in [1.82, 2.24) is 15.1 Å². The Morgan fingerprint density at radius 3 is 2.44 bits per heavy atom. The topological polar surface area (TPSA) is 99.2 Å². The summed E-state index contributed by atoms with van der Waals surface area (Å²) in [5.41, 5.74) is 0.573. The Morgan fingerprint density at radius 1 is 1.02 bits per heavy atom. The summed E-state index contributed by atoms with van der Waals surface area (Å²) in [4.78, 5) is 43.0. The molecule has 3 fully saturated rings. The second-order valence-electron chi connectivity index (χ2n) is 12.0. The molecule has 1 atom stereocenters. The predicted octanol–water partition coefficient (Wildman–Crippen LogP) is 5.61. The van der Waals surface area contributed by atoms with Gasteiger partial charge in [0.2, 0.25) is 11.8 Å². The van der Waals surface area contributed by atoms with E-state index in [4.69, 9.17) is 4.74 Å². The second-order valence-corrected chi connectivity index (χ2v) is 12.0. The number of carboxylic acids is 1. The number of carbonyl (C=O) groups excluding carboxylic acids is 2. The maximum absolute atomic E-state index is 13.8. The van der Waals surface area contributed by atoms with Crippen LogP contribution in [0.1, 0.15) is 87.1 Å². The third kappa shape index (κ3) is 6.75. The van der Waals surface area contributed by atoms with Crippen molar-refractivity contribution in [2.75, 3.05) is 19.6 Å². The van der Waals surface area contributed by atoms with Gasteiger partial charge in [0.1, 0.15) is 23.1 Å². The first-order chi connectivity index (χ1) is 19.9. The summed E-state index contributed by atoms with van der Waals surface area (Å²) in [5.74, 6) is 0.836. The van der Waals surface area contributed by atoms with E-state index in [-0.39, 0.29) is 23.4 Å². The number of likely N-dealkylation sites (tertiary alicyclic amines) is 1. The standard InChI is InChI=1S/C33H43N3O5/c1-2-3-18-36-30(37)29(21-24-8-5-4-6-9-24)34-32(40)33(36)16-19-35(20-17-33)23-25-12-14-27(15-13-25)41-28-11-7-10-26(22-28)31(38)39/h7,10-15,22,24,29H,2-6,8-9,16-21,23H2,1H3,(H,34,40)(H,38,39). The van der Waals surface area contributed by atoms with Crippen LogP contribution < -0.4 is 10.1 Å². The average molecular weight is 562 g/mol. The number of amides is 2. The van der Waals surface area contributed by atoms with Gasteiger partial charge in [-0.2, -0.15) is 0 Å². The van der Waals surface area contributed by atoms with E-state index < -0.39 is 11.5 Å². The molecule has 2 aliphatic heterocycles. The van der Waals surface area contributed by atoms with Crippen LogP contribution in [0.15, 0.2) is 48.5 Å². The molecule has 2 aromatic carbocycles. The first-order valence-corrected chi connectivity index (χ1v) is 15.3. The highest BCUT2D eigenvalue weighted by atomic mass is 16.5. The van der Waals surface area contributed by atoms with Crippen molar-refractivity contribution in [2.45, 2.75) is 89.3 Å². The van der Waals surface area contributed by atoms with E-state index >= 15 is 0 Å². The zero-order valence-electron chi connectivity index (χ0n) is 24.1. The van der Waals surface area contributed by atoms with Crippen molar-refractivity contribution >= 4 is 17.8 Å². The van der Waals surface area contributed by atoms with Gasteiger partial charge in [0.25, 0.3) is 0 Å². The molecule has 1 unspecified atom stereocenters. The number of hydrogen-bond acceptors (Lipinski definition) is 5. The number of piperidine rings is 1. The van der Waals surface area contributed by atoms with Crippen LogP contribution in [0.2, 0.25) is 0 Å². The van der Waals surface area contributed by atoms with Crippen molar-refractivity contribution in [2.24, 2.45) is 5.92 Å². The molecule has 0 aromatic heterocycles. The van der Waals surface area contributed by atoms with Gasteiger partial charge in [-0.3, -0.25) is 14.5 Å². The molecule has 8 heteroatoms. The van der Waals surface area contributed by atoms with Crippen molar-refractivity contribution < 1.29 is 24.2 Å². The molecule has 220 valence electrons. The number of rotatable bonds is 10. The Balaban J connectivity index is 1.19. The van der Waals surface area contributed by atoms with Gasteiger partial charge >= 0.3 is 5.97 Å². The van der Waals surface area contributed by atoms with Gasteiger partial charge in [0, 0.05) is 26.2 Å². The minimum absolute atomic E-state index is 0.0436. The van der Waals surface area contributed by atoms with E-state index in [1.54, 1.807) is 12.1 Å². The minimum atomic E-state index is -0.989. The lowest BCUT2D eigenvalue weighted by molar-refractivity contribution is -0.162. The Hall–Kier alpha value is -3.39. The maximum atomic E-state index is 13.8. The van der Waals surface area contributed by atoms with E-state index in [9.17, 15) is 19.5 Å². The minimum Gasteiger partial charge on any atom is -0.478 e. The monoisotopic (exact) mass is 561 g/mol. The van der Waals surface area contributed by atoms with Crippen LogP contribution >= 0.6 is 0 Å². The molecule has 2 saturated heterocycles. The Kier molecular flexibility index (Phi) is 9.28. The number of nitrogens with zero attached hydrogens (tertiary/aromatic N) is 2. The summed E-state index contributed by atoms with van der Waals surface area (Å²) < 4.78 is 5.85. The molecule has 2 N–H and O–H groups in total. The Morgan fingerprint density at radius 2 is 1.76 bits per heavy atom. The fourth-order valence-corrected chi connectivity index (χ4v) is 6.76. The van der Waals surface area contributed by atoms with Crippen molar-refractivity contribution in [3.8, 4) is 11.5 Å². The number of carboxylic acid groups (broad SMARTS) is 1. The van der Waals surface area contributed by atoms with Gasteiger partial charge < -0.3 is 20.1 Å². The van der Waals surface area contributed by atoms with Crippen LogP contribution in [0.5, 0.6) is 11.5 Å². The molecule has 0 bridgehead atoms. The molecule has 1 aliphatic carbocycles. The van der Waals surface area contributed by atoms with Gasteiger partial charge in [-0.15, -0.1) is 0 Å². The molecule has 3 aliphatic rings. The first-order valence-electron chi connectivity index (χ1n) is 15.3. The third-order valence-corrected chi connectivity index (χ3v) is 9.17. The molecule has 41 heavy (non-hydrogen) atoms. The Bertz CT molecular complexity index is 1220. The fourth-order valence-electron chi connectivity index (χ4n) is 6.76. The molecule has 5 rings (SSSR count). The molecule has 0 radical (unpaired) electrons. The third-order valence-electron chi connectivity index (χ3n) is 9.17. The summed E-state index contributed by atoms with van der Waals surface area (Å²) >= 11 is 0. The normalized spacial score (nSPS) is 21.6. The molecule has 8 nitrogen and oxygen atoms in total. The maximum Gasteiger partial charge on any atom is 0.335 e. The van der Waals surface area contributed by atoms with E-state index in [1.165, 1.54) is 44.2 Å². The van der Waals surface area contributed by atoms with Crippen molar-refractivity contribution in [3.63, 3.8) is 0 Å². The van der Waals surface area contributed by atoms with Crippen molar-refractivity contribution in [1.29, 1.82) is 0 Å². The van der Waals surface area contributed by atoms with E-state index in [0.29, 0.717) is 36.8 Å². The van der Waals surface area contributed by atoms with Crippen LogP contribution in [-0.2, 0) is 16.1 Å². The zero-order valence-corrected chi connectivity index (χ0v) is 24.1. The molecule has 2 heterocycles. The average Bonchev–Trinajstić information content (AvgIpc) is 2.98. The highest BCUT2D eigenvalue weighted by molar-refractivity contribution is 6.00. The summed E-state index contributed by atoms with van der Waals surface area (Å²) in [6.07, 6.45) is 10.0. The number of hydrogen-bond donors (Lipinski definition) is 2. The number of benzene rings is 2. The lowest BCUT2D eigenvalue weighted by Crippen LogP contribution is -2.73. The quantitative estimate of drug-likeness (QED) is 0.391. The highest BCUT2D eigenvalue weighted by Crippen LogP contribution is 2.36. The number of aromatic carboxylic acids is 1. The lowest BCUT2D eigenvalue weighted by Gasteiger charge is -2.52. The fraction of sp³-hybridized carbons (Fsp3) is 0.545. The van der Waals surface area contributed by atoms with Gasteiger partial charge in [0.15, 0.2) is 0 Å². The predicted molar refractivity (Wildman–Crippen MR) is 157 cm³/mol. The van der Waals surface area contributed by atoms with Gasteiger partial charge in [-0.1, -0.05) is 63.6 Å². The van der Waals surface area contributed by atoms with E-state index in [1.807, 2.05) is 29.2 Å². The lowest BCUT2D eigenvalue weighted by atomic mass is 9.79. The molecule has 2 amide bonds. The molecule has 1 spiro atoms. The SMILES string of the molecule is CCCCN1C(=O)C(CC2CCCCC2)NC(=O)C12CCN(Cc1ccc(Oc3cccc(C(=O)O)c3)cc1)CC2. The number of piperazine rings is 1. The Labute approximate surface area is 243 Å². The second kappa shape index (κ2) is 13.1. The highest BCUT2D eigenvalue weighted by Gasteiger charge is 2.53. The van der Waals surface area contributed by atoms with Crippen LogP contribution in [-0.4, -0.2) is 63.9 Å².